The zero-order valence-electron chi connectivity index (χ0n) is 10.2. The normalized spacial score (nSPS) is 13.6. The minimum atomic E-state index is 0.0382. The van der Waals surface area contributed by atoms with Crippen LogP contribution in [0.1, 0.15) is 27.2 Å². The highest BCUT2D eigenvalue weighted by molar-refractivity contribution is 6.32. The summed E-state index contributed by atoms with van der Waals surface area (Å²) in [7, 11) is 0. The van der Waals surface area contributed by atoms with E-state index in [2.05, 4.69) is 20.8 Å². The van der Waals surface area contributed by atoms with Crippen LogP contribution < -0.4 is 10.5 Å². The van der Waals surface area contributed by atoms with Gasteiger partial charge >= 0.3 is 0 Å². The first-order valence-corrected chi connectivity index (χ1v) is 5.89. The summed E-state index contributed by atoms with van der Waals surface area (Å²) in [5.41, 5.74) is 6.22. The van der Waals surface area contributed by atoms with E-state index in [0.29, 0.717) is 17.4 Å². The Morgan fingerprint density at radius 3 is 2.50 bits per heavy atom. The molecule has 0 amide bonds. The average Bonchev–Trinajstić information content (AvgIpc) is 2.14. The smallest absolute Gasteiger partial charge is 0.137 e. The first-order chi connectivity index (χ1) is 7.38. The molecule has 3 heteroatoms. The molecule has 90 valence electrons. The summed E-state index contributed by atoms with van der Waals surface area (Å²) in [6.45, 7) is 7.01. The highest BCUT2D eigenvalue weighted by Gasteiger charge is 2.16. The summed E-state index contributed by atoms with van der Waals surface area (Å²) in [6.07, 6.45) is 0.928. The van der Waals surface area contributed by atoms with Crippen LogP contribution in [0.4, 0.5) is 0 Å². The monoisotopic (exact) mass is 241 g/mol. The third-order valence-corrected chi connectivity index (χ3v) is 2.48. The van der Waals surface area contributed by atoms with E-state index >= 15 is 0 Å². The topological polar surface area (TPSA) is 35.2 Å². The maximum absolute atomic E-state index is 5.99. The maximum Gasteiger partial charge on any atom is 0.137 e. The van der Waals surface area contributed by atoms with Crippen LogP contribution in [-0.2, 0) is 0 Å². The molecule has 1 rings (SSSR count). The van der Waals surface area contributed by atoms with Crippen LogP contribution in [0.15, 0.2) is 24.3 Å². The molecule has 0 heterocycles. The summed E-state index contributed by atoms with van der Waals surface area (Å²) in [6, 6.07) is 7.48. The number of rotatable bonds is 4. The Bertz CT molecular complexity index is 333. The van der Waals surface area contributed by atoms with Crippen molar-refractivity contribution < 1.29 is 4.74 Å². The van der Waals surface area contributed by atoms with Crippen molar-refractivity contribution >= 4 is 11.6 Å². The van der Waals surface area contributed by atoms with Gasteiger partial charge in [0.25, 0.3) is 0 Å². The molecule has 0 bridgehead atoms. The number of ether oxygens (including phenoxy) is 1. The van der Waals surface area contributed by atoms with Crippen molar-refractivity contribution in [1.29, 1.82) is 0 Å². The second-order valence-electron chi connectivity index (χ2n) is 5.27. The summed E-state index contributed by atoms with van der Waals surface area (Å²) in [5.74, 6) is 0.702. The zero-order chi connectivity index (χ0) is 12.2. The standard InChI is InChI=1S/C13H20ClNO/c1-13(2,3)8-10(15)9-16-12-7-5-4-6-11(12)14/h4-7,10H,8-9,15H2,1-3H3. The minimum absolute atomic E-state index is 0.0382. The van der Waals surface area contributed by atoms with Crippen molar-refractivity contribution in [3.63, 3.8) is 0 Å². The molecule has 16 heavy (non-hydrogen) atoms. The lowest BCUT2D eigenvalue weighted by molar-refractivity contribution is 0.241. The fourth-order valence-electron chi connectivity index (χ4n) is 1.60. The van der Waals surface area contributed by atoms with Crippen LogP contribution in [0.25, 0.3) is 0 Å². The van der Waals surface area contributed by atoms with Gasteiger partial charge in [0.15, 0.2) is 0 Å². The average molecular weight is 242 g/mol. The Hall–Kier alpha value is -0.730. The zero-order valence-corrected chi connectivity index (χ0v) is 10.9. The van der Waals surface area contributed by atoms with Crippen molar-refractivity contribution in [2.24, 2.45) is 11.1 Å². The Morgan fingerprint density at radius 1 is 1.31 bits per heavy atom. The highest BCUT2D eigenvalue weighted by atomic mass is 35.5. The molecule has 1 atom stereocenters. The fraction of sp³-hybridized carbons (Fsp3) is 0.538. The van der Waals surface area contributed by atoms with Crippen molar-refractivity contribution in [2.75, 3.05) is 6.61 Å². The van der Waals surface area contributed by atoms with Crippen LogP contribution >= 0.6 is 11.6 Å². The molecule has 0 aliphatic rings. The van der Waals surface area contributed by atoms with E-state index in [0.717, 1.165) is 6.42 Å². The van der Waals surface area contributed by atoms with Gasteiger partial charge in [-0.25, -0.2) is 0 Å². The van der Waals surface area contributed by atoms with Gasteiger partial charge in [-0.2, -0.15) is 0 Å². The Balaban J connectivity index is 2.43. The van der Waals surface area contributed by atoms with E-state index in [-0.39, 0.29) is 11.5 Å². The molecular formula is C13H20ClNO. The Morgan fingerprint density at radius 2 is 1.94 bits per heavy atom. The van der Waals surface area contributed by atoms with Crippen molar-refractivity contribution in [3.05, 3.63) is 29.3 Å². The largest absolute Gasteiger partial charge is 0.490 e. The molecule has 0 aromatic heterocycles. The lowest BCUT2D eigenvalue weighted by atomic mass is 9.89. The Kier molecular flexibility index (Phi) is 4.63. The predicted molar refractivity (Wildman–Crippen MR) is 69.0 cm³/mol. The van der Waals surface area contributed by atoms with Crippen LogP contribution in [0.3, 0.4) is 0 Å². The van der Waals surface area contributed by atoms with Crippen molar-refractivity contribution in [3.8, 4) is 5.75 Å². The van der Waals surface area contributed by atoms with E-state index in [4.69, 9.17) is 22.1 Å². The van der Waals surface area contributed by atoms with Gasteiger partial charge in [-0.05, 0) is 24.0 Å². The van der Waals surface area contributed by atoms with Crippen LogP contribution in [0.5, 0.6) is 5.75 Å². The summed E-state index contributed by atoms with van der Waals surface area (Å²) >= 11 is 5.97. The number of hydrogen-bond acceptors (Lipinski definition) is 2. The molecule has 0 radical (unpaired) electrons. The third-order valence-electron chi connectivity index (χ3n) is 2.16. The molecule has 2 nitrogen and oxygen atoms in total. The van der Waals surface area contributed by atoms with Gasteiger partial charge in [0.2, 0.25) is 0 Å². The molecular weight excluding hydrogens is 222 g/mol. The van der Waals surface area contributed by atoms with Crippen molar-refractivity contribution in [1.82, 2.24) is 0 Å². The van der Waals surface area contributed by atoms with Crippen LogP contribution in [0, 0.1) is 5.41 Å². The van der Waals surface area contributed by atoms with Crippen LogP contribution in [0.2, 0.25) is 5.02 Å². The van der Waals surface area contributed by atoms with Gasteiger partial charge in [0.05, 0.1) is 5.02 Å². The second kappa shape index (κ2) is 5.55. The minimum Gasteiger partial charge on any atom is -0.490 e. The number of benzene rings is 1. The van der Waals surface area contributed by atoms with Gasteiger partial charge < -0.3 is 10.5 Å². The van der Waals surface area contributed by atoms with E-state index < -0.39 is 0 Å². The molecule has 1 aromatic rings. The molecule has 0 aliphatic carbocycles. The lowest BCUT2D eigenvalue weighted by Crippen LogP contribution is -2.32. The van der Waals surface area contributed by atoms with E-state index in [1.807, 2.05) is 24.3 Å². The fourth-order valence-corrected chi connectivity index (χ4v) is 1.79. The SMILES string of the molecule is CC(C)(C)CC(N)COc1ccccc1Cl. The van der Waals surface area contributed by atoms with Gasteiger partial charge in [0.1, 0.15) is 12.4 Å². The van der Waals surface area contributed by atoms with Gasteiger partial charge in [-0.15, -0.1) is 0 Å². The molecule has 0 spiro atoms. The number of halogens is 1. The summed E-state index contributed by atoms with van der Waals surface area (Å²) in [4.78, 5) is 0. The molecule has 0 saturated heterocycles. The third kappa shape index (κ3) is 4.86. The summed E-state index contributed by atoms with van der Waals surface area (Å²) in [5, 5.41) is 0.630. The quantitative estimate of drug-likeness (QED) is 0.876. The first-order valence-electron chi connectivity index (χ1n) is 5.51. The number of nitrogens with two attached hydrogens (primary N) is 1. The van der Waals surface area contributed by atoms with Crippen LogP contribution in [-0.4, -0.2) is 12.6 Å². The van der Waals surface area contributed by atoms with E-state index in [9.17, 15) is 0 Å². The molecule has 1 aromatic carbocycles. The Labute approximate surface area is 103 Å². The summed E-state index contributed by atoms with van der Waals surface area (Å²) < 4.78 is 5.59. The molecule has 2 N–H and O–H groups in total. The van der Waals surface area contributed by atoms with Gasteiger partial charge in [-0.3, -0.25) is 0 Å². The van der Waals surface area contributed by atoms with Crippen molar-refractivity contribution in [2.45, 2.75) is 33.2 Å². The van der Waals surface area contributed by atoms with E-state index in [1.165, 1.54) is 0 Å². The van der Waals surface area contributed by atoms with E-state index in [1.54, 1.807) is 0 Å². The van der Waals surface area contributed by atoms with Gasteiger partial charge in [-0.1, -0.05) is 44.5 Å². The van der Waals surface area contributed by atoms with Gasteiger partial charge in [0, 0.05) is 6.04 Å². The lowest BCUT2D eigenvalue weighted by Gasteiger charge is -2.23. The first kappa shape index (κ1) is 13.3. The number of para-hydroxylation sites is 1. The highest BCUT2D eigenvalue weighted by Crippen LogP contribution is 2.24. The molecule has 0 fully saturated rings. The maximum atomic E-state index is 5.99. The second-order valence-corrected chi connectivity index (χ2v) is 5.67. The number of hydrogen-bond donors (Lipinski definition) is 1. The molecule has 1 unspecified atom stereocenters. The molecule has 0 aliphatic heterocycles. The predicted octanol–water partition coefficient (Wildman–Crippen LogP) is 3.48. The molecule has 0 saturated carbocycles.